The van der Waals surface area contributed by atoms with Crippen molar-refractivity contribution in [3.8, 4) is 0 Å². The molecule has 0 aliphatic carbocycles. The van der Waals surface area contributed by atoms with Crippen LogP contribution in [0.15, 0.2) is 24.3 Å². The van der Waals surface area contributed by atoms with Crippen LogP contribution >= 0.6 is 0 Å². The van der Waals surface area contributed by atoms with Crippen molar-refractivity contribution in [2.24, 2.45) is 0 Å². The fourth-order valence-corrected chi connectivity index (χ4v) is 0.793. The van der Waals surface area contributed by atoms with Crippen molar-refractivity contribution in [1.82, 2.24) is 0 Å². The molecule has 0 saturated carbocycles. The van der Waals surface area contributed by atoms with Crippen LogP contribution in [-0.4, -0.2) is 24.7 Å². The normalized spacial score (nSPS) is 8.07. The number of carbonyl (C=O) groups is 2. The van der Waals surface area contributed by atoms with Gasteiger partial charge in [-0.25, -0.2) is 4.79 Å². The molecule has 5 nitrogen and oxygen atoms in total. The number of ether oxygens (including phenoxy) is 1. The number of carboxylic acid groups (broad SMARTS) is 1. The highest BCUT2D eigenvalue weighted by molar-refractivity contribution is 5.94. The third-order valence-corrected chi connectivity index (χ3v) is 1.37. The second-order valence-corrected chi connectivity index (χ2v) is 2.18. The van der Waals surface area contributed by atoms with Crippen LogP contribution in [0, 0.1) is 0 Å². The molecular formula is C9H11NO4. The van der Waals surface area contributed by atoms with E-state index in [4.69, 9.17) is 15.6 Å². The molecular weight excluding hydrogens is 186 g/mol. The Morgan fingerprint density at radius 1 is 1.50 bits per heavy atom. The molecule has 76 valence electrons. The van der Waals surface area contributed by atoms with E-state index in [1.54, 1.807) is 24.3 Å². The first-order valence-electron chi connectivity index (χ1n) is 3.68. The number of methoxy groups -OCH3 is 1. The molecule has 0 aromatic heterocycles. The fraction of sp³-hybridized carbons (Fsp3) is 0.111. The maximum atomic E-state index is 10.9. The van der Waals surface area contributed by atoms with Gasteiger partial charge in [-0.1, -0.05) is 12.1 Å². The lowest BCUT2D eigenvalue weighted by molar-refractivity contribution is -0.122. The number of hydrogen-bond acceptors (Lipinski definition) is 4. The molecule has 0 amide bonds. The van der Waals surface area contributed by atoms with Crippen molar-refractivity contribution in [2.75, 3.05) is 12.8 Å². The van der Waals surface area contributed by atoms with E-state index in [0.717, 1.165) is 0 Å². The zero-order valence-electron chi connectivity index (χ0n) is 7.64. The van der Waals surface area contributed by atoms with Crippen molar-refractivity contribution in [1.29, 1.82) is 0 Å². The van der Waals surface area contributed by atoms with Crippen LogP contribution in [0.4, 0.5) is 5.69 Å². The molecule has 0 fully saturated rings. The predicted octanol–water partition coefficient (Wildman–Crippen LogP) is 0.756. The number of nitrogen functional groups attached to an aromatic ring is 1. The zero-order chi connectivity index (χ0) is 11.0. The second-order valence-electron chi connectivity index (χ2n) is 2.18. The molecule has 14 heavy (non-hydrogen) atoms. The molecule has 0 radical (unpaired) electrons. The fourth-order valence-electron chi connectivity index (χ4n) is 0.793. The molecule has 0 aliphatic heterocycles. The minimum Gasteiger partial charge on any atom is -0.483 e. The van der Waals surface area contributed by atoms with Crippen molar-refractivity contribution in [2.45, 2.75) is 0 Å². The van der Waals surface area contributed by atoms with E-state index in [2.05, 4.69) is 4.74 Å². The monoisotopic (exact) mass is 197 g/mol. The SMILES string of the molecule is COC(=O)c1ccccc1N.O=CO. The van der Waals surface area contributed by atoms with Gasteiger partial charge in [0, 0.05) is 5.69 Å². The summed E-state index contributed by atoms with van der Waals surface area (Å²) >= 11 is 0. The molecule has 0 heterocycles. The summed E-state index contributed by atoms with van der Waals surface area (Å²) in [5, 5.41) is 6.89. The number of para-hydroxylation sites is 1. The van der Waals surface area contributed by atoms with Crippen LogP contribution in [0.5, 0.6) is 0 Å². The van der Waals surface area contributed by atoms with Gasteiger partial charge >= 0.3 is 5.97 Å². The minimum absolute atomic E-state index is 0.250. The Hall–Kier alpha value is -2.04. The van der Waals surface area contributed by atoms with Gasteiger partial charge < -0.3 is 15.6 Å². The molecule has 0 spiro atoms. The number of esters is 1. The average molecular weight is 197 g/mol. The highest BCUT2D eigenvalue weighted by Gasteiger charge is 2.06. The van der Waals surface area contributed by atoms with Gasteiger partial charge in [0.25, 0.3) is 6.47 Å². The Kier molecular flexibility index (Phi) is 5.53. The van der Waals surface area contributed by atoms with Gasteiger partial charge in [0.2, 0.25) is 0 Å². The van der Waals surface area contributed by atoms with Gasteiger partial charge in [0.1, 0.15) is 0 Å². The summed E-state index contributed by atoms with van der Waals surface area (Å²) in [6.07, 6.45) is 0. The zero-order valence-corrected chi connectivity index (χ0v) is 7.64. The molecule has 1 rings (SSSR count). The largest absolute Gasteiger partial charge is 0.483 e. The van der Waals surface area contributed by atoms with Crippen molar-refractivity contribution in [3.63, 3.8) is 0 Å². The third kappa shape index (κ3) is 3.57. The molecule has 0 aliphatic rings. The van der Waals surface area contributed by atoms with Gasteiger partial charge in [-0.05, 0) is 12.1 Å². The van der Waals surface area contributed by atoms with E-state index in [-0.39, 0.29) is 6.47 Å². The number of rotatable bonds is 1. The summed E-state index contributed by atoms with van der Waals surface area (Å²) in [6.45, 7) is -0.250. The lowest BCUT2D eigenvalue weighted by Crippen LogP contribution is -2.04. The van der Waals surface area contributed by atoms with E-state index < -0.39 is 5.97 Å². The van der Waals surface area contributed by atoms with E-state index in [9.17, 15) is 4.79 Å². The van der Waals surface area contributed by atoms with Crippen LogP contribution in [0.25, 0.3) is 0 Å². The van der Waals surface area contributed by atoms with E-state index in [1.165, 1.54) is 7.11 Å². The molecule has 1 aromatic carbocycles. The molecule has 0 saturated heterocycles. The summed E-state index contributed by atoms with van der Waals surface area (Å²) in [5.41, 5.74) is 6.35. The van der Waals surface area contributed by atoms with Gasteiger partial charge in [-0.15, -0.1) is 0 Å². The maximum Gasteiger partial charge on any atom is 0.339 e. The molecule has 0 unspecified atom stereocenters. The number of nitrogens with two attached hydrogens (primary N) is 1. The van der Waals surface area contributed by atoms with Gasteiger partial charge in [0.15, 0.2) is 0 Å². The average Bonchev–Trinajstić information content (AvgIpc) is 2.19. The summed E-state index contributed by atoms with van der Waals surface area (Å²) in [6, 6.07) is 6.79. The van der Waals surface area contributed by atoms with Crippen LogP contribution in [-0.2, 0) is 9.53 Å². The topological polar surface area (TPSA) is 89.6 Å². The van der Waals surface area contributed by atoms with Crippen LogP contribution in [0.1, 0.15) is 10.4 Å². The van der Waals surface area contributed by atoms with Crippen LogP contribution in [0.3, 0.4) is 0 Å². The van der Waals surface area contributed by atoms with E-state index in [0.29, 0.717) is 11.3 Å². The van der Waals surface area contributed by atoms with E-state index >= 15 is 0 Å². The van der Waals surface area contributed by atoms with Gasteiger partial charge in [0.05, 0.1) is 12.7 Å². The second kappa shape index (κ2) is 6.47. The first kappa shape index (κ1) is 12.0. The molecule has 1 aromatic rings. The standard InChI is InChI=1S/C8H9NO2.CH2O2/c1-11-8(10)6-4-2-3-5-7(6)9;2-1-3/h2-5H,9H2,1H3;1H,(H,2,3). The minimum atomic E-state index is -0.400. The van der Waals surface area contributed by atoms with Gasteiger partial charge in [-0.2, -0.15) is 0 Å². The smallest absolute Gasteiger partial charge is 0.339 e. The maximum absolute atomic E-state index is 10.9. The summed E-state index contributed by atoms with van der Waals surface area (Å²) in [7, 11) is 1.33. The Balaban J connectivity index is 0.000000500. The van der Waals surface area contributed by atoms with Gasteiger partial charge in [-0.3, -0.25) is 4.79 Å². The van der Waals surface area contributed by atoms with Crippen LogP contribution in [0.2, 0.25) is 0 Å². The third-order valence-electron chi connectivity index (χ3n) is 1.37. The number of carbonyl (C=O) groups excluding carboxylic acids is 1. The quantitative estimate of drug-likeness (QED) is 0.394. The Labute approximate surface area is 81.1 Å². The van der Waals surface area contributed by atoms with E-state index in [1.807, 2.05) is 0 Å². The molecule has 5 heteroatoms. The van der Waals surface area contributed by atoms with Crippen molar-refractivity contribution >= 4 is 18.1 Å². The van der Waals surface area contributed by atoms with Crippen molar-refractivity contribution < 1.29 is 19.4 Å². The molecule has 0 bridgehead atoms. The summed E-state index contributed by atoms with van der Waals surface area (Å²) < 4.78 is 4.50. The number of hydrogen-bond donors (Lipinski definition) is 2. The number of benzene rings is 1. The van der Waals surface area contributed by atoms with Crippen molar-refractivity contribution in [3.05, 3.63) is 29.8 Å². The summed E-state index contributed by atoms with van der Waals surface area (Å²) in [5.74, 6) is -0.400. The predicted molar refractivity (Wildman–Crippen MR) is 50.9 cm³/mol. The molecule has 3 N–H and O–H groups in total. The molecule has 0 atom stereocenters. The Morgan fingerprint density at radius 2 is 2.00 bits per heavy atom. The summed E-state index contributed by atoms with van der Waals surface area (Å²) in [4.78, 5) is 19.3. The first-order valence-corrected chi connectivity index (χ1v) is 3.68. The Bertz CT molecular complexity index is 311. The highest BCUT2D eigenvalue weighted by atomic mass is 16.5. The Morgan fingerprint density at radius 3 is 2.43 bits per heavy atom. The highest BCUT2D eigenvalue weighted by Crippen LogP contribution is 2.10. The first-order chi connectivity index (χ1) is 6.67. The van der Waals surface area contributed by atoms with Crippen LogP contribution < -0.4 is 5.73 Å². The lowest BCUT2D eigenvalue weighted by Gasteiger charge is -2.00. The lowest BCUT2D eigenvalue weighted by atomic mass is 10.2. The number of anilines is 1.